The van der Waals surface area contributed by atoms with Gasteiger partial charge in [0.05, 0.1) is 0 Å². The van der Waals surface area contributed by atoms with Crippen LogP contribution in [0.3, 0.4) is 0 Å². The van der Waals surface area contributed by atoms with Crippen molar-refractivity contribution in [3.05, 3.63) is 35.6 Å². The molecule has 0 radical (unpaired) electrons. The number of nitrogens with one attached hydrogen (secondary N) is 1. The highest BCUT2D eigenvalue weighted by Crippen LogP contribution is 2.39. The molecule has 3 heterocycles. The molecular weight excluding hydrogens is 443 g/mol. The molecule has 1 unspecified atom stereocenters. The molecule has 3 aliphatic rings. The SMILES string of the molecule is C[C@H]1CN(C2(C)CCN(C(=O)OC(C)(C)C)CC2)CCN1C(c1cccc(F)c1)C1CCNCC1. The zero-order chi connectivity index (χ0) is 25.2. The van der Waals surface area contributed by atoms with Crippen molar-refractivity contribution < 1.29 is 13.9 Å². The maximum atomic E-state index is 14.2. The lowest BCUT2D eigenvalue weighted by molar-refractivity contribution is -0.0462. The highest BCUT2D eigenvalue weighted by molar-refractivity contribution is 5.68. The van der Waals surface area contributed by atoms with E-state index in [9.17, 15) is 9.18 Å². The number of hydrogen-bond donors (Lipinski definition) is 1. The van der Waals surface area contributed by atoms with E-state index < -0.39 is 5.60 Å². The van der Waals surface area contributed by atoms with Crippen LogP contribution in [0.4, 0.5) is 9.18 Å². The Bertz CT molecular complexity index is 859. The molecule has 196 valence electrons. The Hall–Kier alpha value is -1.70. The van der Waals surface area contributed by atoms with Crippen molar-refractivity contribution in [2.24, 2.45) is 5.92 Å². The predicted molar refractivity (Wildman–Crippen MR) is 138 cm³/mol. The first kappa shape index (κ1) is 26.4. The molecule has 35 heavy (non-hydrogen) atoms. The lowest BCUT2D eigenvalue weighted by Gasteiger charge is -2.53. The summed E-state index contributed by atoms with van der Waals surface area (Å²) in [7, 11) is 0. The zero-order valence-electron chi connectivity index (χ0n) is 22.4. The van der Waals surface area contributed by atoms with Crippen molar-refractivity contribution in [1.82, 2.24) is 20.0 Å². The van der Waals surface area contributed by atoms with Crippen molar-refractivity contribution >= 4 is 6.09 Å². The number of hydrogen-bond acceptors (Lipinski definition) is 5. The first-order chi connectivity index (χ1) is 16.6. The number of ether oxygens (including phenoxy) is 1. The van der Waals surface area contributed by atoms with E-state index in [2.05, 4.69) is 35.0 Å². The Morgan fingerprint density at radius 3 is 2.43 bits per heavy atom. The Morgan fingerprint density at radius 2 is 1.83 bits per heavy atom. The minimum absolute atomic E-state index is 0.0853. The molecular formula is C28H45FN4O2. The molecule has 3 fully saturated rings. The van der Waals surface area contributed by atoms with Gasteiger partial charge in [-0.3, -0.25) is 9.80 Å². The lowest BCUT2D eigenvalue weighted by Crippen LogP contribution is -2.63. The number of benzene rings is 1. The third kappa shape index (κ3) is 6.36. The summed E-state index contributed by atoms with van der Waals surface area (Å²) in [5.74, 6) is 0.400. The molecule has 1 aromatic rings. The second kappa shape index (κ2) is 10.7. The molecule has 0 spiro atoms. The molecule has 0 aromatic heterocycles. The number of carbonyl (C=O) groups excluding carboxylic acids is 1. The molecule has 1 N–H and O–H groups in total. The number of nitrogens with zero attached hydrogens (tertiary/aromatic N) is 3. The van der Waals surface area contributed by atoms with Gasteiger partial charge < -0.3 is 15.0 Å². The minimum Gasteiger partial charge on any atom is -0.444 e. The Balaban J connectivity index is 1.42. The van der Waals surface area contributed by atoms with Gasteiger partial charge in [-0.25, -0.2) is 9.18 Å². The molecule has 0 saturated carbocycles. The zero-order valence-corrected chi connectivity index (χ0v) is 22.4. The number of piperidine rings is 2. The summed E-state index contributed by atoms with van der Waals surface area (Å²) in [5, 5.41) is 3.49. The van der Waals surface area contributed by atoms with Gasteiger partial charge in [0.15, 0.2) is 0 Å². The third-order valence-electron chi connectivity index (χ3n) is 8.31. The van der Waals surface area contributed by atoms with E-state index >= 15 is 0 Å². The molecule has 0 aliphatic carbocycles. The normalized spacial score (nSPS) is 25.9. The van der Waals surface area contributed by atoms with E-state index in [1.165, 1.54) is 0 Å². The number of likely N-dealkylation sites (tertiary alicyclic amines) is 1. The van der Waals surface area contributed by atoms with Gasteiger partial charge in [0.2, 0.25) is 0 Å². The van der Waals surface area contributed by atoms with Crippen LogP contribution in [0.1, 0.15) is 71.9 Å². The van der Waals surface area contributed by atoms with Gasteiger partial charge in [0.1, 0.15) is 11.4 Å². The van der Waals surface area contributed by atoms with E-state index in [4.69, 9.17) is 4.74 Å². The average Bonchev–Trinajstić information content (AvgIpc) is 2.80. The monoisotopic (exact) mass is 488 g/mol. The van der Waals surface area contributed by atoms with Gasteiger partial charge in [-0.15, -0.1) is 0 Å². The molecule has 0 bridgehead atoms. The average molecular weight is 489 g/mol. The van der Waals surface area contributed by atoms with Crippen LogP contribution in [0.2, 0.25) is 0 Å². The van der Waals surface area contributed by atoms with Gasteiger partial charge in [-0.2, -0.15) is 0 Å². The van der Waals surface area contributed by atoms with Crippen LogP contribution in [0, 0.1) is 11.7 Å². The van der Waals surface area contributed by atoms with E-state index in [0.29, 0.717) is 12.0 Å². The quantitative estimate of drug-likeness (QED) is 0.668. The second-order valence-corrected chi connectivity index (χ2v) is 12.1. The molecule has 3 aliphatic heterocycles. The number of amides is 1. The van der Waals surface area contributed by atoms with Crippen LogP contribution < -0.4 is 5.32 Å². The third-order valence-corrected chi connectivity index (χ3v) is 8.31. The first-order valence-electron chi connectivity index (χ1n) is 13.5. The molecule has 1 amide bonds. The largest absolute Gasteiger partial charge is 0.444 e. The summed E-state index contributed by atoms with van der Waals surface area (Å²) in [6.07, 6.45) is 3.98. The Kier molecular flexibility index (Phi) is 8.08. The Labute approximate surface area is 211 Å². The van der Waals surface area contributed by atoms with Gasteiger partial charge in [-0.1, -0.05) is 12.1 Å². The number of rotatable bonds is 4. The van der Waals surface area contributed by atoms with Crippen molar-refractivity contribution in [3.8, 4) is 0 Å². The van der Waals surface area contributed by atoms with Crippen molar-refractivity contribution in [2.45, 2.75) is 83.5 Å². The van der Waals surface area contributed by atoms with Crippen LogP contribution in [0.5, 0.6) is 0 Å². The fraction of sp³-hybridized carbons (Fsp3) is 0.750. The number of piperazine rings is 1. The van der Waals surface area contributed by atoms with Crippen molar-refractivity contribution in [3.63, 3.8) is 0 Å². The standard InChI is InChI=1S/C28H45FN4O2/c1-21-20-32(28(5)11-15-31(16-12-28)26(34)35-27(2,3)4)17-18-33(21)25(22-9-13-30-14-10-22)23-7-6-8-24(29)19-23/h6-8,19,21-22,25,30H,9-18,20H2,1-5H3/t21-,25?/m0/s1. The van der Waals surface area contributed by atoms with Crippen molar-refractivity contribution in [1.29, 1.82) is 0 Å². The van der Waals surface area contributed by atoms with Crippen molar-refractivity contribution in [2.75, 3.05) is 45.8 Å². The van der Waals surface area contributed by atoms with Crippen LogP contribution in [-0.2, 0) is 4.74 Å². The Morgan fingerprint density at radius 1 is 1.14 bits per heavy atom. The maximum absolute atomic E-state index is 14.2. The molecule has 1 aromatic carbocycles. The van der Waals surface area contributed by atoms with Gasteiger partial charge in [0, 0.05) is 50.3 Å². The predicted octanol–water partition coefficient (Wildman–Crippen LogP) is 4.66. The maximum Gasteiger partial charge on any atom is 0.410 e. The number of carbonyl (C=O) groups is 1. The molecule has 4 rings (SSSR count). The lowest BCUT2D eigenvalue weighted by atomic mass is 9.82. The molecule has 7 heteroatoms. The van der Waals surface area contributed by atoms with E-state index in [-0.39, 0.29) is 23.5 Å². The van der Waals surface area contributed by atoms with Crippen LogP contribution in [-0.4, -0.2) is 83.8 Å². The fourth-order valence-corrected chi connectivity index (χ4v) is 6.27. The summed E-state index contributed by atoms with van der Waals surface area (Å²) in [4.78, 5) is 19.7. The van der Waals surface area contributed by atoms with E-state index in [0.717, 1.165) is 77.1 Å². The van der Waals surface area contributed by atoms with Crippen LogP contribution in [0.15, 0.2) is 24.3 Å². The summed E-state index contributed by atoms with van der Waals surface area (Å²) in [6.45, 7) is 17.0. The minimum atomic E-state index is -0.462. The van der Waals surface area contributed by atoms with E-state index in [1.54, 1.807) is 12.1 Å². The molecule has 6 nitrogen and oxygen atoms in total. The smallest absolute Gasteiger partial charge is 0.410 e. The highest BCUT2D eigenvalue weighted by Gasteiger charge is 2.42. The molecule has 2 atom stereocenters. The van der Waals surface area contributed by atoms with Crippen LogP contribution in [0.25, 0.3) is 0 Å². The first-order valence-corrected chi connectivity index (χ1v) is 13.5. The second-order valence-electron chi connectivity index (χ2n) is 12.1. The molecule has 3 saturated heterocycles. The summed E-state index contributed by atoms with van der Waals surface area (Å²) in [5.41, 5.74) is 0.743. The number of halogens is 1. The van der Waals surface area contributed by atoms with Gasteiger partial charge in [0.25, 0.3) is 0 Å². The fourth-order valence-electron chi connectivity index (χ4n) is 6.27. The highest BCUT2D eigenvalue weighted by atomic mass is 19.1. The summed E-state index contributed by atoms with van der Waals surface area (Å²) < 4.78 is 19.8. The topological polar surface area (TPSA) is 48.1 Å². The van der Waals surface area contributed by atoms with E-state index in [1.807, 2.05) is 31.7 Å². The van der Waals surface area contributed by atoms with Crippen LogP contribution >= 0.6 is 0 Å². The van der Waals surface area contributed by atoms with Gasteiger partial charge >= 0.3 is 6.09 Å². The van der Waals surface area contributed by atoms with Gasteiger partial charge in [-0.05, 0) is 97.0 Å². The summed E-state index contributed by atoms with van der Waals surface area (Å²) in [6, 6.07) is 7.91. The summed E-state index contributed by atoms with van der Waals surface area (Å²) >= 11 is 0.